The first kappa shape index (κ1) is 29.4. The van der Waals surface area contributed by atoms with E-state index in [0.717, 1.165) is 27.4 Å². The van der Waals surface area contributed by atoms with Gasteiger partial charge in [0.25, 0.3) is 0 Å². The van der Waals surface area contributed by atoms with Gasteiger partial charge in [-0.05, 0) is 62.7 Å². The van der Waals surface area contributed by atoms with Crippen molar-refractivity contribution in [2.75, 3.05) is 13.2 Å². The second-order valence-electron chi connectivity index (χ2n) is 10.3. The maximum Gasteiger partial charge on any atom is 0.0482 e. The molecule has 2 heterocycles. The minimum atomic E-state index is 0.1000. The number of aliphatic hydroxyl groups excluding tert-OH is 2. The average molecular weight is 473 g/mol. The Balaban J connectivity index is 0.00000233. The van der Waals surface area contributed by atoms with E-state index in [0.29, 0.717) is 19.1 Å². The van der Waals surface area contributed by atoms with Gasteiger partial charge in [-0.3, -0.25) is 0 Å². The van der Waals surface area contributed by atoms with Crippen LogP contribution in [0.2, 0.25) is 0 Å². The van der Waals surface area contributed by atoms with E-state index in [2.05, 4.69) is 56.4 Å². The molecule has 0 aromatic carbocycles. The van der Waals surface area contributed by atoms with Crippen molar-refractivity contribution in [3.8, 4) is 0 Å². The lowest BCUT2D eigenvalue weighted by molar-refractivity contribution is 0.147. The van der Waals surface area contributed by atoms with Crippen molar-refractivity contribution in [3.05, 3.63) is 12.2 Å². The Morgan fingerprint density at radius 1 is 0.839 bits per heavy atom. The van der Waals surface area contributed by atoms with Crippen LogP contribution in [-0.4, -0.2) is 44.4 Å². The quantitative estimate of drug-likeness (QED) is 0.199. The van der Waals surface area contributed by atoms with Gasteiger partial charge in [-0.2, -0.15) is 23.5 Å². The number of hydrogen-bond donors (Lipinski definition) is 2. The zero-order valence-electron chi connectivity index (χ0n) is 21.2. The van der Waals surface area contributed by atoms with Gasteiger partial charge in [-0.15, -0.1) is 0 Å². The van der Waals surface area contributed by atoms with Gasteiger partial charge >= 0.3 is 0 Å². The molecule has 0 spiro atoms. The molecule has 0 radical (unpaired) electrons. The summed E-state index contributed by atoms with van der Waals surface area (Å²) in [6.45, 7) is 11.1. The van der Waals surface area contributed by atoms with Gasteiger partial charge in [0.1, 0.15) is 0 Å². The molecular weight excluding hydrogens is 420 g/mol. The molecule has 0 aromatic rings. The Morgan fingerprint density at radius 2 is 1.35 bits per heavy atom. The third-order valence-electron chi connectivity index (χ3n) is 6.66. The number of hydrogen-bond acceptors (Lipinski definition) is 4. The fourth-order valence-electron chi connectivity index (χ4n) is 4.43. The Labute approximate surface area is 202 Å². The number of thioether (sulfide) groups is 2. The van der Waals surface area contributed by atoms with E-state index in [1.54, 1.807) is 0 Å². The summed E-state index contributed by atoms with van der Waals surface area (Å²) in [6, 6.07) is 0. The molecule has 5 unspecified atom stereocenters. The highest BCUT2D eigenvalue weighted by molar-refractivity contribution is 8.01. The predicted molar refractivity (Wildman–Crippen MR) is 143 cm³/mol. The van der Waals surface area contributed by atoms with Crippen LogP contribution in [0.25, 0.3) is 0 Å². The highest BCUT2D eigenvalue weighted by atomic mass is 32.2. The second-order valence-corrected chi connectivity index (χ2v) is 13.4. The van der Waals surface area contributed by atoms with Crippen LogP contribution in [0.15, 0.2) is 12.2 Å². The number of aliphatic hydroxyl groups is 2. The lowest BCUT2D eigenvalue weighted by Gasteiger charge is -2.21. The van der Waals surface area contributed by atoms with Crippen LogP contribution in [0.1, 0.15) is 112 Å². The van der Waals surface area contributed by atoms with E-state index in [9.17, 15) is 5.11 Å². The molecular formula is C27H52O2S2. The lowest BCUT2D eigenvalue weighted by Crippen LogP contribution is -2.16. The summed E-state index contributed by atoms with van der Waals surface area (Å²) >= 11 is 4.43. The average Bonchev–Trinajstić information content (AvgIpc) is 3.43. The second kappa shape index (κ2) is 16.9. The molecule has 2 aliphatic heterocycles. The first-order valence-corrected chi connectivity index (χ1v) is 15.0. The maximum absolute atomic E-state index is 9.37. The van der Waals surface area contributed by atoms with Crippen molar-refractivity contribution in [2.24, 2.45) is 11.3 Å². The Morgan fingerprint density at radius 3 is 1.84 bits per heavy atom. The fourth-order valence-corrected chi connectivity index (χ4v) is 7.48. The van der Waals surface area contributed by atoms with E-state index < -0.39 is 0 Å². The molecule has 0 aromatic heterocycles. The molecule has 2 fully saturated rings. The molecule has 2 nitrogen and oxygen atoms in total. The number of rotatable bonds is 14. The van der Waals surface area contributed by atoms with Crippen molar-refractivity contribution in [2.45, 2.75) is 133 Å². The lowest BCUT2D eigenvalue weighted by atomic mass is 9.88. The van der Waals surface area contributed by atoms with Crippen LogP contribution >= 0.6 is 23.5 Å². The van der Waals surface area contributed by atoms with E-state index in [4.69, 9.17) is 5.11 Å². The SMILES string of the molecule is CC.CC(CO)CCCCC1CCC(/C=C\C2CCC(CCCCC(C)(C)CO)S2)S1. The first-order chi connectivity index (χ1) is 14.9. The van der Waals surface area contributed by atoms with Gasteiger partial charge < -0.3 is 10.2 Å². The van der Waals surface area contributed by atoms with E-state index in [1.807, 2.05) is 13.8 Å². The predicted octanol–water partition coefficient (Wildman–Crippen LogP) is 7.86. The molecule has 0 saturated carbocycles. The highest BCUT2D eigenvalue weighted by Crippen LogP contribution is 2.40. The summed E-state index contributed by atoms with van der Waals surface area (Å²) in [7, 11) is 0. The van der Waals surface area contributed by atoms with E-state index >= 15 is 0 Å². The summed E-state index contributed by atoms with van der Waals surface area (Å²) in [4.78, 5) is 0. The smallest absolute Gasteiger partial charge is 0.0482 e. The van der Waals surface area contributed by atoms with Crippen LogP contribution in [-0.2, 0) is 0 Å². The largest absolute Gasteiger partial charge is 0.396 e. The Kier molecular flexibility index (Phi) is 16.0. The highest BCUT2D eigenvalue weighted by Gasteiger charge is 2.26. The van der Waals surface area contributed by atoms with Crippen LogP contribution < -0.4 is 0 Å². The summed E-state index contributed by atoms with van der Waals surface area (Å²) in [5.41, 5.74) is 0.1000. The van der Waals surface area contributed by atoms with Crippen LogP contribution in [0.3, 0.4) is 0 Å². The monoisotopic (exact) mass is 472 g/mol. The van der Waals surface area contributed by atoms with Crippen LogP contribution in [0.4, 0.5) is 0 Å². The van der Waals surface area contributed by atoms with Crippen molar-refractivity contribution >= 4 is 23.5 Å². The minimum Gasteiger partial charge on any atom is -0.396 e. The maximum atomic E-state index is 9.37. The molecule has 0 aliphatic carbocycles. The zero-order chi connectivity index (χ0) is 23.1. The van der Waals surface area contributed by atoms with E-state index in [-0.39, 0.29) is 5.41 Å². The van der Waals surface area contributed by atoms with Gasteiger partial charge in [-0.1, -0.05) is 72.5 Å². The topological polar surface area (TPSA) is 40.5 Å². The summed E-state index contributed by atoms with van der Waals surface area (Å²) in [6.07, 6.45) is 20.8. The molecule has 31 heavy (non-hydrogen) atoms. The van der Waals surface area contributed by atoms with Gasteiger partial charge in [0.15, 0.2) is 0 Å². The van der Waals surface area contributed by atoms with Gasteiger partial charge in [-0.25, -0.2) is 0 Å². The molecule has 2 saturated heterocycles. The van der Waals surface area contributed by atoms with Gasteiger partial charge in [0.05, 0.1) is 0 Å². The molecule has 2 N–H and O–H groups in total. The van der Waals surface area contributed by atoms with Crippen LogP contribution in [0.5, 0.6) is 0 Å². The third-order valence-corrected chi connectivity index (χ3v) is 9.86. The molecule has 2 rings (SSSR count). The normalized spacial score (nSPS) is 27.5. The van der Waals surface area contributed by atoms with Crippen molar-refractivity contribution in [1.29, 1.82) is 0 Å². The molecule has 0 bridgehead atoms. The van der Waals surface area contributed by atoms with Gasteiger partial charge in [0, 0.05) is 34.2 Å². The Hall–Kier alpha value is 0.360. The third kappa shape index (κ3) is 13.0. The van der Waals surface area contributed by atoms with E-state index in [1.165, 1.54) is 70.6 Å². The van der Waals surface area contributed by atoms with Gasteiger partial charge in [0.2, 0.25) is 0 Å². The summed E-state index contributed by atoms with van der Waals surface area (Å²) in [5, 5.41) is 21.7. The number of unbranched alkanes of at least 4 members (excludes halogenated alkanes) is 2. The van der Waals surface area contributed by atoms with Crippen LogP contribution in [0, 0.1) is 11.3 Å². The molecule has 184 valence electrons. The van der Waals surface area contributed by atoms with Crippen molar-refractivity contribution in [1.82, 2.24) is 0 Å². The summed E-state index contributed by atoms with van der Waals surface area (Å²) < 4.78 is 0. The fraction of sp³-hybridized carbons (Fsp3) is 0.926. The Bertz CT molecular complexity index is 466. The standard InChI is InChI=1S/C25H46O2S2.C2H6/c1-20(18-26)8-4-5-9-21-11-13-23(28-21)15-16-24-14-12-22(29-24)10-6-7-17-25(2,3)19-27;1-2/h15-16,20-24,26-27H,4-14,17-19H2,1-3H3;1-2H3/b16-15-;. The molecule has 4 heteroatoms. The molecule has 5 atom stereocenters. The summed E-state index contributed by atoms with van der Waals surface area (Å²) in [5.74, 6) is 0.474. The minimum absolute atomic E-state index is 0.1000. The molecule has 0 amide bonds. The van der Waals surface area contributed by atoms with Crippen molar-refractivity contribution < 1.29 is 10.2 Å². The molecule has 2 aliphatic rings. The van der Waals surface area contributed by atoms with Crippen molar-refractivity contribution in [3.63, 3.8) is 0 Å². The zero-order valence-corrected chi connectivity index (χ0v) is 22.8. The first-order valence-electron chi connectivity index (χ1n) is 13.1.